The SMILES string of the molecule is Nc1ncc(-c2cc(N3CC4CC3CO4)nc(N3CCC(F)(F)C3)n2)cn1. The van der Waals surface area contributed by atoms with Crippen LogP contribution in [0, 0.1) is 0 Å². The van der Waals surface area contributed by atoms with E-state index in [4.69, 9.17) is 10.5 Å². The van der Waals surface area contributed by atoms with Crippen molar-refractivity contribution in [2.75, 3.05) is 41.8 Å². The van der Waals surface area contributed by atoms with Crippen LogP contribution in [0.25, 0.3) is 11.3 Å². The van der Waals surface area contributed by atoms with Crippen LogP contribution in [0.5, 0.6) is 0 Å². The third-order valence-electron chi connectivity index (χ3n) is 5.32. The molecule has 2 aromatic heterocycles. The lowest BCUT2D eigenvalue weighted by atomic mass is 10.2. The van der Waals surface area contributed by atoms with Crippen LogP contribution in [0.4, 0.5) is 26.5 Å². The van der Waals surface area contributed by atoms with E-state index in [9.17, 15) is 8.78 Å². The molecule has 2 atom stereocenters. The molecule has 10 heteroatoms. The summed E-state index contributed by atoms with van der Waals surface area (Å²) < 4.78 is 33.1. The molecule has 142 valence electrons. The average molecular weight is 375 g/mol. The van der Waals surface area contributed by atoms with E-state index < -0.39 is 5.92 Å². The van der Waals surface area contributed by atoms with Crippen LogP contribution in [0.15, 0.2) is 18.5 Å². The molecule has 5 rings (SSSR count). The Bertz CT molecular complexity index is 863. The Kier molecular flexibility index (Phi) is 3.64. The number of anilines is 3. The number of ether oxygens (including phenoxy) is 1. The van der Waals surface area contributed by atoms with Gasteiger partial charge in [-0.1, -0.05) is 0 Å². The number of aromatic nitrogens is 4. The first-order chi connectivity index (χ1) is 13.0. The molecule has 27 heavy (non-hydrogen) atoms. The van der Waals surface area contributed by atoms with Crippen molar-refractivity contribution in [2.45, 2.75) is 30.9 Å². The van der Waals surface area contributed by atoms with E-state index in [1.165, 1.54) is 4.90 Å². The van der Waals surface area contributed by atoms with E-state index in [0.29, 0.717) is 23.8 Å². The molecule has 2 aromatic rings. The smallest absolute Gasteiger partial charge is 0.267 e. The normalized spacial score (nSPS) is 26.1. The molecular formula is C17H19F2N7O. The van der Waals surface area contributed by atoms with Gasteiger partial charge in [0.15, 0.2) is 0 Å². The summed E-state index contributed by atoms with van der Waals surface area (Å²) in [6.45, 7) is 1.26. The molecular weight excluding hydrogens is 356 g/mol. The molecule has 0 saturated carbocycles. The van der Waals surface area contributed by atoms with Crippen molar-refractivity contribution in [3.05, 3.63) is 18.5 Å². The van der Waals surface area contributed by atoms with Crippen molar-refractivity contribution in [3.8, 4) is 11.3 Å². The van der Waals surface area contributed by atoms with E-state index in [1.54, 1.807) is 12.4 Å². The van der Waals surface area contributed by atoms with Gasteiger partial charge in [-0.25, -0.2) is 23.7 Å². The lowest BCUT2D eigenvalue weighted by Gasteiger charge is -2.29. The lowest BCUT2D eigenvalue weighted by molar-refractivity contribution is 0.0256. The molecule has 3 aliphatic rings. The quantitative estimate of drug-likeness (QED) is 0.859. The molecule has 2 unspecified atom stereocenters. The van der Waals surface area contributed by atoms with Gasteiger partial charge < -0.3 is 20.3 Å². The number of fused-ring (bicyclic) bond motifs is 2. The highest BCUT2D eigenvalue weighted by Crippen LogP contribution is 2.35. The molecule has 5 heterocycles. The summed E-state index contributed by atoms with van der Waals surface area (Å²) in [6.07, 6.45) is 4.13. The molecule has 2 bridgehead atoms. The van der Waals surface area contributed by atoms with Gasteiger partial charge in [-0.05, 0) is 6.42 Å². The van der Waals surface area contributed by atoms with E-state index in [1.807, 2.05) is 6.07 Å². The lowest BCUT2D eigenvalue weighted by Crippen LogP contribution is -2.38. The predicted octanol–water partition coefficient (Wildman–Crippen LogP) is 1.34. The van der Waals surface area contributed by atoms with Crippen molar-refractivity contribution in [1.82, 2.24) is 19.9 Å². The van der Waals surface area contributed by atoms with E-state index in [0.717, 1.165) is 18.8 Å². The van der Waals surface area contributed by atoms with Gasteiger partial charge in [0.1, 0.15) is 5.82 Å². The van der Waals surface area contributed by atoms with Gasteiger partial charge in [-0.2, -0.15) is 4.98 Å². The van der Waals surface area contributed by atoms with Crippen molar-refractivity contribution >= 4 is 17.7 Å². The second-order valence-electron chi connectivity index (χ2n) is 7.27. The van der Waals surface area contributed by atoms with Crippen LogP contribution < -0.4 is 15.5 Å². The molecule has 2 N–H and O–H groups in total. The van der Waals surface area contributed by atoms with Gasteiger partial charge in [-0.15, -0.1) is 0 Å². The number of halogens is 2. The minimum absolute atomic E-state index is 0.168. The highest BCUT2D eigenvalue weighted by atomic mass is 19.3. The first-order valence-electron chi connectivity index (χ1n) is 8.95. The Balaban J connectivity index is 1.55. The molecule has 0 amide bonds. The maximum atomic E-state index is 13.7. The number of hydrogen-bond donors (Lipinski definition) is 1. The molecule has 3 saturated heterocycles. The number of nitrogens with two attached hydrogens (primary N) is 1. The van der Waals surface area contributed by atoms with Gasteiger partial charge in [0.25, 0.3) is 5.92 Å². The largest absolute Gasteiger partial charge is 0.374 e. The van der Waals surface area contributed by atoms with E-state index >= 15 is 0 Å². The maximum Gasteiger partial charge on any atom is 0.267 e. The molecule has 8 nitrogen and oxygen atoms in total. The Labute approximate surface area is 154 Å². The first kappa shape index (κ1) is 16.5. The number of rotatable bonds is 3. The molecule has 0 aliphatic carbocycles. The van der Waals surface area contributed by atoms with Crippen molar-refractivity contribution < 1.29 is 13.5 Å². The fourth-order valence-corrected chi connectivity index (χ4v) is 3.92. The number of morpholine rings is 1. The molecule has 3 aliphatic heterocycles. The summed E-state index contributed by atoms with van der Waals surface area (Å²) in [5.74, 6) is -1.52. The van der Waals surface area contributed by atoms with Crippen LogP contribution in [0.1, 0.15) is 12.8 Å². The molecule has 0 radical (unpaired) electrons. The van der Waals surface area contributed by atoms with Crippen LogP contribution in [0.2, 0.25) is 0 Å². The Hall–Kier alpha value is -2.62. The van der Waals surface area contributed by atoms with E-state index in [-0.39, 0.29) is 37.6 Å². The fraction of sp³-hybridized carbons (Fsp3) is 0.529. The molecule has 3 fully saturated rings. The van der Waals surface area contributed by atoms with Gasteiger partial charge in [0.05, 0.1) is 31.0 Å². The van der Waals surface area contributed by atoms with Crippen molar-refractivity contribution in [2.24, 2.45) is 0 Å². The maximum absolute atomic E-state index is 13.7. The minimum Gasteiger partial charge on any atom is -0.374 e. The zero-order chi connectivity index (χ0) is 18.6. The fourth-order valence-electron chi connectivity index (χ4n) is 3.92. The monoisotopic (exact) mass is 375 g/mol. The van der Waals surface area contributed by atoms with Crippen molar-refractivity contribution in [3.63, 3.8) is 0 Å². The third kappa shape index (κ3) is 3.03. The van der Waals surface area contributed by atoms with Crippen LogP contribution in [-0.2, 0) is 4.74 Å². The zero-order valence-electron chi connectivity index (χ0n) is 14.6. The van der Waals surface area contributed by atoms with Gasteiger partial charge >= 0.3 is 0 Å². The van der Waals surface area contributed by atoms with Crippen molar-refractivity contribution in [1.29, 1.82) is 0 Å². The zero-order valence-corrected chi connectivity index (χ0v) is 14.6. The van der Waals surface area contributed by atoms with Gasteiger partial charge in [0, 0.05) is 43.5 Å². The van der Waals surface area contributed by atoms with Gasteiger partial charge in [0.2, 0.25) is 11.9 Å². The number of nitrogens with zero attached hydrogens (tertiary/aromatic N) is 6. The number of alkyl halides is 2. The predicted molar refractivity (Wildman–Crippen MR) is 94.7 cm³/mol. The van der Waals surface area contributed by atoms with Crippen LogP contribution in [-0.4, -0.2) is 64.2 Å². The minimum atomic E-state index is -2.72. The highest BCUT2D eigenvalue weighted by molar-refractivity contribution is 5.65. The van der Waals surface area contributed by atoms with E-state index in [2.05, 4.69) is 24.8 Å². The topological polar surface area (TPSA) is 93.3 Å². The molecule has 0 spiro atoms. The summed E-state index contributed by atoms with van der Waals surface area (Å²) in [4.78, 5) is 20.9. The first-order valence-corrected chi connectivity index (χ1v) is 8.95. The number of hydrogen-bond acceptors (Lipinski definition) is 8. The second-order valence-corrected chi connectivity index (χ2v) is 7.27. The Morgan fingerprint density at radius 2 is 2.04 bits per heavy atom. The average Bonchev–Trinajstić information content (AvgIpc) is 3.37. The Morgan fingerprint density at radius 1 is 1.22 bits per heavy atom. The highest BCUT2D eigenvalue weighted by Gasteiger charge is 2.42. The summed E-state index contributed by atoms with van der Waals surface area (Å²) in [6, 6.07) is 2.11. The number of nitrogen functional groups attached to an aromatic ring is 1. The van der Waals surface area contributed by atoms with Crippen LogP contribution in [0.3, 0.4) is 0 Å². The second kappa shape index (κ2) is 5.95. The summed E-state index contributed by atoms with van der Waals surface area (Å²) in [7, 11) is 0. The summed E-state index contributed by atoms with van der Waals surface area (Å²) in [5, 5.41) is 0. The van der Waals surface area contributed by atoms with Crippen LogP contribution >= 0.6 is 0 Å². The molecule has 0 aromatic carbocycles. The summed E-state index contributed by atoms with van der Waals surface area (Å²) >= 11 is 0. The standard InChI is InChI=1S/C17H19F2N7O/c18-17(19)1-2-25(9-17)16-23-13(10-5-21-15(20)22-6-10)4-14(24-16)26-7-12-3-11(26)8-27-12/h4-6,11-12H,1-3,7-9H2,(H2,20,21,22). The van der Waals surface area contributed by atoms with Gasteiger partial charge in [-0.3, -0.25) is 0 Å². The third-order valence-corrected chi connectivity index (χ3v) is 5.32. The Morgan fingerprint density at radius 3 is 2.67 bits per heavy atom. The summed E-state index contributed by atoms with van der Waals surface area (Å²) in [5.41, 5.74) is 6.82.